The van der Waals surface area contributed by atoms with Crippen molar-refractivity contribution >= 4 is 32.7 Å². The van der Waals surface area contributed by atoms with E-state index < -0.39 is 0 Å². The molecule has 7 aromatic carbocycles. The van der Waals surface area contributed by atoms with Gasteiger partial charge in [-0.2, -0.15) is 0 Å². The first-order chi connectivity index (χ1) is 24.5. The van der Waals surface area contributed by atoms with Gasteiger partial charge in [0, 0.05) is 33.0 Å². The lowest BCUT2D eigenvalue weighted by Gasteiger charge is -2.22. The van der Waals surface area contributed by atoms with Crippen LogP contribution in [0.25, 0.3) is 83.3 Å². The highest BCUT2D eigenvalue weighted by atomic mass is 15.1. The van der Waals surface area contributed by atoms with Crippen LogP contribution in [0.15, 0.2) is 164 Å². The molecule has 0 saturated heterocycles. The fraction of sp³-hybridized carbons (Fsp3) is 0.0638. The smallest absolute Gasteiger partial charge is 0.145 e. The number of hydrogen-bond donors (Lipinski definition) is 0. The summed E-state index contributed by atoms with van der Waals surface area (Å²) in [7, 11) is 0. The van der Waals surface area contributed by atoms with Gasteiger partial charge in [-0.25, -0.2) is 9.97 Å². The number of nitrogens with zero attached hydrogens (tertiary/aromatic N) is 3. The highest BCUT2D eigenvalue weighted by molar-refractivity contribution is 6.13. The second-order valence-electron chi connectivity index (χ2n) is 13.8. The molecule has 0 atom stereocenters. The van der Waals surface area contributed by atoms with Gasteiger partial charge in [0.05, 0.1) is 22.2 Å². The monoisotopic (exact) mass is 639 g/mol. The Morgan fingerprint density at radius 3 is 2.00 bits per heavy atom. The Kier molecular flexibility index (Phi) is 6.22. The molecule has 1 aliphatic carbocycles. The largest absolute Gasteiger partial charge is 0.292 e. The number of rotatable bonds is 4. The molecule has 0 amide bonds. The Morgan fingerprint density at radius 1 is 0.440 bits per heavy atom. The summed E-state index contributed by atoms with van der Waals surface area (Å²) < 4.78 is 2.25. The van der Waals surface area contributed by atoms with Crippen molar-refractivity contribution in [2.45, 2.75) is 19.3 Å². The normalized spacial score (nSPS) is 13.2. The second-order valence-corrected chi connectivity index (χ2v) is 13.8. The van der Waals surface area contributed by atoms with Gasteiger partial charge in [0.2, 0.25) is 0 Å². The van der Waals surface area contributed by atoms with Gasteiger partial charge < -0.3 is 0 Å². The number of para-hydroxylation sites is 4. The second kappa shape index (κ2) is 10.8. The predicted molar refractivity (Wildman–Crippen MR) is 208 cm³/mol. The number of fused-ring (bicyclic) bond motifs is 7. The summed E-state index contributed by atoms with van der Waals surface area (Å²) in [5.41, 5.74) is 15.0. The molecule has 10 rings (SSSR count). The van der Waals surface area contributed by atoms with Crippen LogP contribution in [0.2, 0.25) is 0 Å². The van der Waals surface area contributed by atoms with Gasteiger partial charge in [0.1, 0.15) is 5.82 Å². The molecule has 0 saturated carbocycles. The van der Waals surface area contributed by atoms with E-state index in [2.05, 4.69) is 170 Å². The summed E-state index contributed by atoms with van der Waals surface area (Å²) in [6.07, 6.45) is 0. The summed E-state index contributed by atoms with van der Waals surface area (Å²) in [6, 6.07) is 58.7. The fourth-order valence-electron chi connectivity index (χ4n) is 8.08. The molecule has 0 aliphatic heterocycles. The van der Waals surface area contributed by atoms with E-state index in [-0.39, 0.29) is 5.41 Å². The molecule has 0 spiro atoms. The molecule has 0 unspecified atom stereocenters. The molecular weight excluding hydrogens is 607 g/mol. The lowest BCUT2D eigenvalue weighted by molar-refractivity contribution is 0.661. The Balaban J connectivity index is 1.10. The molecule has 236 valence electrons. The Morgan fingerprint density at radius 2 is 1.14 bits per heavy atom. The molecule has 3 heteroatoms. The van der Waals surface area contributed by atoms with Gasteiger partial charge in [-0.05, 0) is 87.3 Å². The van der Waals surface area contributed by atoms with Crippen LogP contribution in [0, 0.1) is 0 Å². The molecular formula is C47H33N3. The summed E-state index contributed by atoms with van der Waals surface area (Å²) in [4.78, 5) is 10.4. The maximum Gasteiger partial charge on any atom is 0.145 e. The Bertz CT molecular complexity index is 2770. The van der Waals surface area contributed by atoms with Crippen LogP contribution >= 0.6 is 0 Å². The van der Waals surface area contributed by atoms with Crippen LogP contribution in [0.3, 0.4) is 0 Å². The van der Waals surface area contributed by atoms with Gasteiger partial charge in [-0.3, -0.25) is 4.57 Å². The van der Waals surface area contributed by atoms with E-state index in [1.165, 1.54) is 38.4 Å². The molecule has 0 fully saturated rings. The number of pyridine rings is 1. The molecule has 2 heterocycles. The highest BCUT2D eigenvalue weighted by Crippen LogP contribution is 2.51. The summed E-state index contributed by atoms with van der Waals surface area (Å²) in [6.45, 7) is 4.69. The van der Waals surface area contributed by atoms with E-state index in [9.17, 15) is 0 Å². The Labute approximate surface area is 291 Å². The maximum atomic E-state index is 5.33. The topological polar surface area (TPSA) is 30.7 Å². The number of benzene rings is 7. The first-order valence-corrected chi connectivity index (χ1v) is 17.3. The zero-order valence-corrected chi connectivity index (χ0v) is 27.9. The van der Waals surface area contributed by atoms with Crippen molar-refractivity contribution in [3.8, 4) is 50.6 Å². The predicted octanol–water partition coefficient (Wildman–Crippen LogP) is 12.0. The van der Waals surface area contributed by atoms with Gasteiger partial charge in [0.25, 0.3) is 0 Å². The van der Waals surface area contributed by atoms with Crippen molar-refractivity contribution in [3.05, 3.63) is 175 Å². The number of aromatic nitrogens is 3. The third-order valence-electron chi connectivity index (χ3n) is 10.6. The lowest BCUT2D eigenvalue weighted by atomic mass is 9.81. The molecule has 3 nitrogen and oxygen atoms in total. The van der Waals surface area contributed by atoms with E-state index in [1.807, 2.05) is 12.1 Å². The van der Waals surface area contributed by atoms with Gasteiger partial charge in [-0.1, -0.05) is 129 Å². The molecule has 9 aromatic rings. The van der Waals surface area contributed by atoms with Crippen molar-refractivity contribution in [2.24, 2.45) is 0 Å². The van der Waals surface area contributed by atoms with Crippen molar-refractivity contribution < 1.29 is 0 Å². The van der Waals surface area contributed by atoms with Crippen LogP contribution in [-0.2, 0) is 5.41 Å². The van der Waals surface area contributed by atoms with Gasteiger partial charge >= 0.3 is 0 Å². The summed E-state index contributed by atoms with van der Waals surface area (Å²) in [5.74, 6) is 0.933. The average molecular weight is 640 g/mol. The first-order valence-electron chi connectivity index (χ1n) is 17.3. The standard InChI is InChI=1S/C47H33N3/c1-47(2)40-19-8-6-17-35(40)38-28-37-36-18-7-9-20-42(36)48-45(39(37)29-41(38)47)33-14-12-13-32(27-33)30-23-25-31(26-24-30)46-49-43-21-10-11-22-44(43)50(46)34-15-4-3-5-16-34/h3-29H,1-2H3. The van der Waals surface area contributed by atoms with Crippen molar-refractivity contribution in [1.29, 1.82) is 0 Å². The minimum Gasteiger partial charge on any atom is -0.292 e. The van der Waals surface area contributed by atoms with Crippen molar-refractivity contribution in [1.82, 2.24) is 14.5 Å². The van der Waals surface area contributed by atoms with Gasteiger partial charge in [-0.15, -0.1) is 0 Å². The first kappa shape index (κ1) is 28.7. The zero-order chi connectivity index (χ0) is 33.4. The molecule has 0 radical (unpaired) electrons. The maximum absolute atomic E-state index is 5.33. The van der Waals surface area contributed by atoms with Crippen molar-refractivity contribution in [3.63, 3.8) is 0 Å². The van der Waals surface area contributed by atoms with Crippen LogP contribution < -0.4 is 0 Å². The Hall–Kier alpha value is -6.32. The molecule has 50 heavy (non-hydrogen) atoms. The van der Waals surface area contributed by atoms with Crippen LogP contribution in [0.5, 0.6) is 0 Å². The third kappa shape index (κ3) is 4.30. The fourth-order valence-corrected chi connectivity index (χ4v) is 8.08. The van der Waals surface area contributed by atoms with Gasteiger partial charge in [0.15, 0.2) is 0 Å². The van der Waals surface area contributed by atoms with Crippen molar-refractivity contribution in [2.75, 3.05) is 0 Å². The molecule has 0 bridgehead atoms. The van der Waals surface area contributed by atoms with E-state index >= 15 is 0 Å². The SMILES string of the molecule is CC1(C)c2ccccc2-c2cc3c(cc21)c(-c1cccc(-c2ccc(-c4nc5ccccc5n4-c4ccccc4)cc2)c1)nc1ccccc13. The molecule has 1 aliphatic rings. The highest BCUT2D eigenvalue weighted by Gasteiger charge is 2.35. The van der Waals surface area contributed by atoms with E-state index in [0.717, 1.165) is 56.0 Å². The third-order valence-corrected chi connectivity index (χ3v) is 10.6. The molecule has 2 aromatic heterocycles. The minimum atomic E-state index is -0.0896. The van der Waals surface area contributed by atoms with E-state index in [0.29, 0.717) is 0 Å². The number of imidazole rings is 1. The van der Waals surface area contributed by atoms with Crippen LogP contribution in [0.1, 0.15) is 25.0 Å². The molecule has 0 N–H and O–H groups in total. The average Bonchev–Trinajstić information content (AvgIpc) is 3.67. The number of hydrogen-bond acceptors (Lipinski definition) is 2. The summed E-state index contributed by atoms with van der Waals surface area (Å²) in [5, 5.41) is 3.62. The lowest BCUT2D eigenvalue weighted by Crippen LogP contribution is -2.14. The van der Waals surface area contributed by atoms with Crippen LogP contribution in [-0.4, -0.2) is 14.5 Å². The zero-order valence-electron chi connectivity index (χ0n) is 27.9. The van der Waals surface area contributed by atoms with E-state index in [1.54, 1.807) is 0 Å². The van der Waals surface area contributed by atoms with E-state index in [4.69, 9.17) is 9.97 Å². The summed E-state index contributed by atoms with van der Waals surface area (Å²) >= 11 is 0. The quantitative estimate of drug-likeness (QED) is 0.179. The van der Waals surface area contributed by atoms with Crippen LogP contribution in [0.4, 0.5) is 0 Å². The minimum absolute atomic E-state index is 0.0896.